The minimum absolute atomic E-state index is 0.0138. The van der Waals surface area contributed by atoms with E-state index in [2.05, 4.69) is 31.2 Å². The van der Waals surface area contributed by atoms with Crippen LogP contribution in [-0.4, -0.2) is 69.1 Å². The first kappa shape index (κ1) is 35.8. The van der Waals surface area contributed by atoms with Crippen LogP contribution in [0.3, 0.4) is 0 Å². The largest absolute Gasteiger partial charge is 0.446 e. The highest BCUT2D eigenvalue weighted by molar-refractivity contribution is 5.98. The molecule has 5 amide bonds. The lowest BCUT2D eigenvalue weighted by atomic mass is 10.0. The van der Waals surface area contributed by atoms with E-state index in [0.717, 1.165) is 11.1 Å². The topological polar surface area (TPSA) is 189 Å². The molecule has 4 heterocycles. The summed E-state index contributed by atoms with van der Waals surface area (Å²) >= 11 is 0. The molecular formula is C38H41N7O7. The maximum Gasteiger partial charge on any atom is 0.276 e. The first-order valence-electron chi connectivity index (χ1n) is 17.2. The number of nitrogens with one attached hydrogen (secondary N) is 4. The Morgan fingerprint density at radius 2 is 1.56 bits per heavy atom. The average molecular weight is 708 g/mol. The van der Waals surface area contributed by atoms with Gasteiger partial charge in [0.25, 0.3) is 11.8 Å². The lowest BCUT2D eigenvalue weighted by Crippen LogP contribution is -2.48. The van der Waals surface area contributed by atoms with Gasteiger partial charge in [0.1, 0.15) is 36.7 Å². The molecule has 1 saturated heterocycles. The number of amides is 5. The van der Waals surface area contributed by atoms with E-state index in [-0.39, 0.29) is 54.4 Å². The summed E-state index contributed by atoms with van der Waals surface area (Å²) in [4.78, 5) is 78.2. The van der Waals surface area contributed by atoms with Crippen LogP contribution in [0.2, 0.25) is 0 Å². The maximum absolute atomic E-state index is 14.2. The van der Waals surface area contributed by atoms with Crippen LogP contribution in [0.25, 0.3) is 6.08 Å². The number of rotatable bonds is 7. The van der Waals surface area contributed by atoms with Crippen LogP contribution < -0.4 is 21.3 Å². The van der Waals surface area contributed by atoms with E-state index in [1.807, 2.05) is 74.5 Å². The van der Waals surface area contributed by atoms with Crippen LogP contribution in [0.5, 0.6) is 0 Å². The van der Waals surface area contributed by atoms with Gasteiger partial charge in [-0.05, 0) is 42.9 Å². The van der Waals surface area contributed by atoms with E-state index in [9.17, 15) is 24.0 Å². The SMILES string of the molecule is CC(C)C[C@H]1NC(=O)c2coc(n2)[C@H](Cc2ccccc2)NC(=O)[C@@H]2C[C@H](NC(=O)C=Cc3ccccc3)CN2C(=O)c2coc(n2)[C@@H](C)NC1=O. The Hall–Kier alpha value is -6.05. The van der Waals surface area contributed by atoms with Crippen molar-refractivity contribution in [3.05, 3.63) is 114 Å². The summed E-state index contributed by atoms with van der Waals surface area (Å²) < 4.78 is 11.4. The fourth-order valence-electron chi connectivity index (χ4n) is 6.31. The second-order valence-corrected chi connectivity index (χ2v) is 13.4. The van der Waals surface area contributed by atoms with Crippen LogP contribution in [0, 0.1) is 5.92 Å². The molecular weight excluding hydrogens is 666 g/mol. The Bertz CT molecular complexity index is 1940. The molecule has 4 N–H and O–H groups in total. The summed E-state index contributed by atoms with van der Waals surface area (Å²) in [7, 11) is 0. The van der Waals surface area contributed by atoms with Crippen molar-refractivity contribution in [3.63, 3.8) is 0 Å². The normalized spacial score (nSPS) is 22.7. The zero-order chi connectivity index (χ0) is 36.8. The van der Waals surface area contributed by atoms with Crippen LogP contribution in [0.1, 0.15) is 89.6 Å². The molecule has 14 nitrogen and oxygen atoms in total. The highest BCUT2D eigenvalue weighted by Gasteiger charge is 2.42. The summed E-state index contributed by atoms with van der Waals surface area (Å²) in [5.74, 6) is -2.41. The molecule has 0 aliphatic carbocycles. The van der Waals surface area contributed by atoms with E-state index in [0.29, 0.717) is 6.42 Å². The molecule has 270 valence electrons. The number of carbonyl (C=O) groups is 5. The first-order valence-corrected chi connectivity index (χ1v) is 17.2. The molecule has 1 fully saturated rings. The standard InChI is InChI=1S/C38H41N7O7/c1-22(2)16-27-33(47)39-23(3)36-44-30(21-51-36)38(50)45-19-26(40-32(46)15-14-24-10-6-4-7-11-24)18-31(45)35(49)42-28(17-25-12-8-5-9-13-25)37-43-29(20-52-37)34(48)41-27/h4-15,20-23,26-28,31H,16-19H2,1-3H3,(H,39,47)(H,40,46)(H,41,48)(H,42,49)/t23-,26+,27-,28+,31+/m1/s1. The average Bonchev–Trinajstić information content (AvgIpc) is 3.91. The van der Waals surface area contributed by atoms with E-state index in [4.69, 9.17) is 8.83 Å². The number of hydrogen-bond acceptors (Lipinski definition) is 9. The van der Waals surface area contributed by atoms with Gasteiger partial charge < -0.3 is 35.0 Å². The number of aromatic nitrogens is 2. The Morgan fingerprint density at radius 1 is 0.885 bits per heavy atom. The third kappa shape index (κ3) is 8.63. The fraction of sp³-hybridized carbons (Fsp3) is 0.342. The molecule has 0 spiro atoms. The summed E-state index contributed by atoms with van der Waals surface area (Å²) in [6, 6.07) is 14.5. The second-order valence-electron chi connectivity index (χ2n) is 13.4. The number of nitrogens with zero attached hydrogens (tertiary/aromatic N) is 3. The van der Waals surface area contributed by atoms with Gasteiger partial charge in [-0.3, -0.25) is 24.0 Å². The summed E-state index contributed by atoms with van der Waals surface area (Å²) in [5.41, 5.74) is 1.55. The molecule has 4 bridgehead atoms. The van der Waals surface area contributed by atoms with Crippen molar-refractivity contribution in [2.24, 2.45) is 5.92 Å². The number of fused-ring (bicyclic) bond motifs is 5. The molecule has 14 heteroatoms. The van der Waals surface area contributed by atoms with Crippen molar-refractivity contribution in [2.75, 3.05) is 6.54 Å². The molecule has 2 aromatic carbocycles. The maximum atomic E-state index is 14.2. The molecule has 5 atom stereocenters. The number of hydrogen-bond donors (Lipinski definition) is 4. The fourth-order valence-corrected chi connectivity index (χ4v) is 6.31. The molecule has 52 heavy (non-hydrogen) atoms. The third-order valence-electron chi connectivity index (χ3n) is 8.89. The van der Waals surface area contributed by atoms with Crippen molar-refractivity contribution in [1.29, 1.82) is 0 Å². The van der Waals surface area contributed by atoms with Gasteiger partial charge >= 0.3 is 0 Å². The van der Waals surface area contributed by atoms with Gasteiger partial charge in [-0.25, -0.2) is 9.97 Å². The summed E-state index contributed by atoms with van der Waals surface area (Å²) in [5, 5.41) is 11.5. The smallest absolute Gasteiger partial charge is 0.276 e. The first-order chi connectivity index (χ1) is 25.0. The van der Waals surface area contributed by atoms with Gasteiger partial charge in [-0.15, -0.1) is 0 Å². The van der Waals surface area contributed by atoms with Crippen molar-refractivity contribution in [2.45, 2.75) is 70.2 Å². The zero-order valence-corrected chi connectivity index (χ0v) is 29.1. The molecule has 2 aliphatic rings. The van der Waals surface area contributed by atoms with Gasteiger partial charge in [0.05, 0.1) is 0 Å². The predicted molar refractivity (Wildman–Crippen MR) is 188 cm³/mol. The molecule has 0 unspecified atom stereocenters. The minimum Gasteiger partial charge on any atom is -0.446 e. The number of oxazole rings is 2. The van der Waals surface area contributed by atoms with Crippen molar-refractivity contribution >= 4 is 35.6 Å². The van der Waals surface area contributed by atoms with E-state index >= 15 is 0 Å². The second kappa shape index (κ2) is 15.9. The third-order valence-corrected chi connectivity index (χ3v) is 8.89. The quantitative estimate of drug-likeness (QED) is 0.209. The van der Waals surface area contributed by atoms with Gasteiger partial charge in [-0.1, -0.05) is 74.5 Å². The minimum atomic E-state index is -1.03. The molecule has 2 aromatic heterocycles. The Morgan fingerprint density at radius 3 is 2.29 bits per heavy atom. The van der Waals surface area contributed by atoms with Crippen molar-refractivity contribution in [3.8, 4) is 0 Å². The van der Waals surface area contributed by atoms with E-state index in [1.165, 1.54) is 23.5 Å². The van der Waals surface area contributed by atoms with Gasteiger partial charge in [0.2, 0.25) is 29.5 Å². The van der Waals surface area contributed by atoms with Gasteiger partial charge in [-0.2, -0.15) is 0 Å². The highest BCUT2D eigenvalue weighted by Crippen LogP contribution is 2.25. The predicted octanol–water partition coefficient (Wildman–Crippen LogP) is 3.51. The zero-order valence-electron chi connectivity index (χ0n) is 29.1. The Kier molecular flexibility index (Phi) is 10.9. The van der Waals surface area contributed by atoms with Gasteiger partial charge in [0.15, 0.2) is 11.4 Å². The van der Waals surface area contributed by atoms with Gasteiger partial charge in [0, 0.05) is 25.1 Å². The monoisotopic (exact) mass is 707 g/mol. The van der Waals surface area contributed by atoms with E-state index in [1.54, 1.807) is 13.0 Å². The number of carbonyl (C=O) groups excluding carboxylic acids is 5. The highest BCUT2D eigenvalue weighted by atomic mass is 16.3. The molecule has 0 saturated carbocycles. The lowest BCUT2D eigenvalue weighted by Gasteiger charge is -2.25. The summed E-state index contributed by atoms with van der Waals surface area (Å²) in [6.45, 7) is 5.50. The molecule has 2 aliphatic heterocycles. The lowest BCUT2D eigenvalue weighted by molar-refractivity contribution is -0.126. The summed E-state index contributed by atoms with van der Waals surface area (Å²) in [6.07, 6.45) is 6.12. The van der Waals surface area contributed by atoms with Crippen LogP contribution in [0.15, 0.2) is 88.1 Å². The van der Waals surface area contributed by atoms with Crippen molar-refractivity contribution in [1.82, 2.24) is 36.1 Å². The van der Waals surface area contributed by atoms with Crippen LogP contribution in [-0.2, 0) is 20.8 Å². The van der Waals surface area contributed by atoms with E-state index < -0.39 is 53.8 Å². The van der Waals surface area contributed by atoms with Crippen LogP contribution in [0.4, 0.5) is 0 Å². The molecule has 6 rings (SSSR count). The molecule has 4 aromatic rings. The Labute approximate surface area is 300 Å². The Balaban J connectivity index is 1.33. The number of benzene rings is 2. The van der Waals surface area contributed by atoms with Crippen molar-refractivity contribution < 1.29 is 32.8 Å². The van der Waals surface area contributed by atoms with Crippen LogP contribution >= 0.6 is 0 Å². The molecule has 0 radical (unpaired) electrons.